The fourth-order valence-corrected chi connectivity index (χ4v) is 3.95. The molecule has 0 saturated carbocycles. The molecule has 0 radical (unpaired) electrons. The number of hydrogen-bond donors (Lipinski definition) is 0. The van der Waals surface area contributed by atoms with Crippen molar-refractivity contribution in [1.29, 1.82) is 0 Å². The van der Waals surface area contributed by atoms with Crippen LogP contribution in [-0.4, -0.2) is 18.3 Å². The van der Waals surface area contributed by atoms with Crippen LogP contribution in [0.5, 0.6) is 0 Å². The fourth-order valence-electron chi connectivity index (χ4n) is 1.47. The van der Waals surface area contributed by atoms with Crippen LogP contribution in [0.1, 0.15) is 13.8 Å². The van der Waals surface area contributed by atoms with E-state index in [1.165, 1.54) is 4.26 Å². The van der Waals surface area contributed by atoms with Crippen LogP contribution < -0.4 is 5.56 Å². The van der Waals surface area contributed by atoms with Gasteiger partial charge in [0, 0.05) is 0 Å². The first-order chi connectivity index (χ1) is 6.68. The monoisotopic (exact) mass is 255 g/mol. The van der Waals surface area contributed by atoms with Crippen molar-refractivity contribution < 1.29 is 0 Å². The van der Waals surface area contributed by atoms with Gasteiger partial charge in [-0.25, -0.2) is 0 Å². The molecule has 0 spiro atoms. The van der Waals surface area contributed by atoms with Crippen molar-refractivity contribution in [3.63, 3.8) is 0 Å². The van der Waals surface area contributed by atoms with Gasteiger partial charge in [-0.2, -0.15) is 0 Å². The van der Waals surface area contributed by atoms with Crippen molar-refractivity contribution in [1.82, 2.24) is 3.56 Å². The first-order valence-corrected chi connectivity index (χ1v) is 6.39. The summed E-state index contributed by atoms with van der Waals surface area (Å²) in [7, 11) is 0. The van der Waals surface area contributed by atoms with E-state index in [4.69, 9.17) is 0 Å². The first kappa shape index (κ1) is 9.75. The third-order valence-corrected chi connectivity index (χ3v) is 4.37. The number of nitrogens with zero attached hydrogens (tertiary/aromatic N) is 1. The Bertz CT molecular complexity index is 495. The van der Waals surface area contributed by atoms with Gasteiger partial charge < -0.3 is 0 Å². The first-order valence-electron chi connectivity index (χ1n) is 4.77. The standard InChI is InChI=1S/C11H13NOSe/c1-8(2)7-12-11(13)9-5-3-4-6-10(9)14-12/h3-6,8H,7H2,1-2H3. The molecule has 0 aliphatic heterocycles. The third kappa shape index (κ3) is 1.70. The summed E-state index contributed by atoms with van der Waals surface area (Å²) in [4.78, 5) is 11.9. The molecule has 1 aromatic carbocycles. The van der Waals surface area contributed by atoms with E-state index in [1.807, 2.05) is 21.8 Å². The molecule has 2 rings (SSSR count). The molecule has 0 atom stereocenters. The van der Waals surface area contributed by atoms with E-state index in [1.54, 1.807) is 0 Å². The van der Waals surface area contributed by atoms with Gasteiger partial charge in [0.2, 0.25) is 0 Å². The maximum absolute atomic E-state index is 11.9. The number of hydrogen-bond acceptors (Lipinski definition) is 1. The summed E-state index contributed by atoms with van der Waals surface area (Å²) in [6, 6.07) is 7.94. The minimum atomic E-state index is 0.206. The summed E-state index contributed by atoms with van der Waals surface area (Å²) < 4.78 is 3.22. The van der Waals surface area contributed by atoms with Gasteiger partial charge in [-0.05, 0) is 0 Å². The molecular weight excluding hydrogens is 241 g/mol. The van der Waals surface area contributed by atoms with E-state index < -0.39 is 0 Å². The molecule has 0 saturated heterocycles. The summed E-state index contributed by atoms with van der Waals surface area (Å²) in [6.45, 7) is 5.17. The number of fused-ring (bicyclic) bond motifs is 1. The topological polar surface area (TPSA) is 22.0 Å². The van der Waals surface area contributed by atoms with Crippen molar-refractivity contribution in [2.45, 2.75) is 20.4 Å². The predicted molar refractivity (Wildman–Crippen MR) is 60.0 cm³/mol. The Kier molecular flexibility index (Phi) is 2.62. The molecule has 0 unspecified atom stereocenters. The van der Waals surface area contributed by atoms with Crippen LogP contribution in [0.25, 0.3) is 9.65 Å². The average Bonchev–Trinajstić information content (AvgIpc) is 2.44. The fraction of sp³-hybridized carbons (Fsp3) is 0.364. The van der Waals surface area contributed by atoms with Gasteiger partial charge in [-0.15, -0.1) is 0 Å². The molecule has 0 bridgehead atoms. The normalized spacial score (nSPS) is 11.4. The van der Waals surface area contributed by atoms with Crippen molar-refractivity contribution in [2.24, 2.45) is 5.92 Å². The average molecular weight is 254 g/mol. The van der Waals surface area contributed by atoms with Crippen molar-refractivity contribution in [2.75, 3.05) is 0 Å². The van der Waals surface area contributed by atoms with Gasteiger partial charge in [-0.3, -0.25) is 0 Å². The molecule has 2 nitrogen and oxygen atoms in total. The molecule has 74 valence electrons. The third-order valence-electron chi connectivity index (χ3n) is 2.08. The Balaban J connectivity index is 2.57. The Morgan fingerprint density at radius 2 is 2.07 bits per heavy atom. The van der Waals surface area contributed by atoms with Gasteiger partial charge >= 0.3 is 88.9 Å². The van der Waals surface area contributed by atoms with E-state index in [9.17, 15) is 4.79 Å². The second-order valence-electron chi connectivity index (χ2n) is 3.85. The number of rotatable bonds is 2. The van der Waals surface area contributed by atoms with Gasteiger partial charge in [0.05, 0.1) is 0 Å². The molecule has 0 aliphatic rings. The summed E-state index contributed by atoms with van der Waals surface area (Å²) in [5.74, 6) is 0.551. The van der Waals surface area contributed by atoms with Crippen LogP contribution in [0.3, 0.4) is 0 Å². The SMILES string of the molecule is CC(C)Cn1[se]c2ccccc2c1=O. The van der Waals surface area contributed by atoms with E-state index in [2.05, 4.69) is 19.9 Å². The molecule has 0 aliphatic carbocycles. The summed E-state index contributed by atoms with van der Waals surface area (Å²) in [5.41, 5.74) is 0.217. The second-order valence-corrected chi connectivity index (χ2v) is 6.08. The molecular formula is C11H13NOSe. The Morgan fingerprint density at radius 1 is 1.36 bits per heavy atom. The van der Waals surface area contributed by atoms with Gasteiger partial charge in [0.25, 0.3) is 0 Å². The van der Waals surface area contributed by atoms with Crippen LogP contribution >= 0.6 is 0 Å². The summed E-state index contributed by atoms with van der Waals surface area (Å²) >= 11 is 0.206. The molecule has 1 heterocycles. The van der Waals surface area contributed by atoms with Gasteiger partial charge in [-0.1, -0.05) is 0 Å². The molecule has 14 heavy (non-hydrogen) atoms. The Labute approximate surface area is 89.1 Å². The van der Waals surface area contributed by atoms with Crippen molar-refractivity contribution >= 4 is 24.4 Å². The Hall–Kier alpha value is -0.791. The van der Waals surface area contributed by atoms with Crippen LogP contribution in [0.2, 0.25) is 0 Å². The molecule has 0 fully saturated rings. The molecule has 3 heteroatoms. The van der Waals surface area contributed by atoms with Gasteiger partial charge in [0.15, 0.2) is 0 Å². The van der Waals surface area contributed by atoms with E-state index in [0.29, 0.717) is 5.92 Å². The zero-order chi connectivity index (χ0) is 10.1. The maximum atomic E-state index is 11.9. The summed E-state index contributed by atoms with van der Waals surface area (Å²) in [6.07, 6.45) is 0. The van der Waals surface area contributed by atoms with Crippen LogP contribution in [-0.2, 0) is 6.54 Å². The zero-order valence-electron chi connectivity index (χ0n) is 8.36. The summed E-state index contributed by atoms with van der Waals surface area (Å²) in [5, 5.41) is 0.910. The van der Waals surface area contributed by atoms with Crippen molar-refractivity contribution in [3.8, 4) is 0 Å². The zero-order valence-corrected chi connectivity index (χ0v) is 10.1. The number of benzene rings is 1. The predicted octanol–water partition coefficient (Wildman–Crippen LogP) is 1.71. The van der Waals surface area contributed by atoms with E-state index in [0.717, 1.165) is 11.9 Å². The Morgan fingerprint density at radius 3 is 2.71 bits per heavy atom. The van der Waals surface area contributed by atoms with E-state index in [-0.39, 0.29) is 20.3 Å². The van der Waals surface area contributed by atoms with Crippen molar-refractivity contribution in [3.05, 3.63) is 34.6 Å². The number of aromatic nitrogens is 1. The van der Waals surface area contributed by atoms with Gasteiger partial charge in [0.1, 0.15) is 0 Å². The molecule has 1 aromatic heterocycles. The minimum absolute atomic E-state index is 0.206. The molecule has 0 N–H and O–H groups in total. The van der Waals surface area contributed by atoms with Crippen LogP contribution in [0.4, 0.5) is 0 Å². The van der Waals surface area contributed by atoms with Crippen LogP contribution in [0, 0.1) is 5.92 Å². The molecule has 2 aromatic rings. The molecule has 0 amide bonds. The quantitative estimate of drug-likeness (QED) is 0.748. The second kappa shape index (κ2) is 3.76. The van der Waals surface area contributed by atoms with Crippen LogP contribution in [0.15, 0.2) is 29.1 Å². The van der Waals surface area contributed by atoms with E-state index >= 15 is 0 Å².